The van der Waals surface area contributed by atoms with Crippen molar-refractivity contribution in [2.24, 2.45) is 0 Å². The maximum absolute atomic E-state index is 11.8. The van der Waals surface area contributed by atoms with Gasteiger partial charge in [-0.1, -0.05) is 0 Å². The van der Waals surface area contributed by atoms with Crippen molar-refractivity contribution in [2.75, 3.05) is 13.2 Å². The van der Waals surface area contributed by atoms with Gasteiger partial charge in [0.05, 0.1) is 19.6 Å². The van der Waals surface area contributed by atoms with Gasteiger partial charge in [-0.05, 0) is 20.8 Å². The second kappa shape index (κ2) is 5.34. The third kappa shape index (κ3) is 3.99. The first-order valence-corrected chi connectivity index (χ1v) is 5.58. The van der Waals surface area contributed by atoms with Crippen LogP contribution < -0.4 is 0 Å². The highest BCUT2D eigenvalue weighted by Crippen LogP contribution is 2.14. The van der Waals surface area contributed by atoms with Crippen LogP contribution in [0.5, 0.6) is 0 Å². The lowest BCUT2D eigenvalue weighted by atomic mass is 10.2. The van der Waals surface area contributed by atoms with Crippen LogP contribution in [0.15, 0.2) is 0 Å². The number of amides is 2. The third-order valence-corrected chi connectivity index (χ3v) is 2.17. The highest BCUT2D eigenvalue weighted by molar-refractivity contribution is 5.93. The molecule has 0 saturated carbocycles. The van der Waals surface area contributed by atoms with Crippen molar-refractivity contribution < 1.29 is 29.0 Å². The molecule has 0 bridgehead atoms. The van der Waals surface area contributed by atoms with Gasteiger partial charge in [0.1, 0.15) is 5.60 Å². The molecule has 0 aromatic carbocycles. The Labute approximate surface area is 105 Å². The molecule has 18 heavy (non-hydrogen) atoms. The van der Waals surface area contributed by atoms with E-state index in [9.17, 15) is 14.4 Å². The zero-order valence-corrected chi connectivity index (χ0v) is 10.6. The van der Waals surface area contributed by atoms with Gasteiger partial charge in [0, 0.05) is 0 Å². The molecular weight excluding hydrogens is 242 g/mol. The molecular formula is C11H17NO6. The summed E-state index contributed by atoms with van der Waals surface area (Å²) < 4.78 is 10.0. The van der Waals surface area contributed by atoms with E-state index < -0.39 is 29.7 Å². The number of aliphatic carboxylic acids is 1. The van der Waals surface area contributed by atoms with Crippen LogP contribution in [0, 0.1) is 0 Å². The first-order valence-electron chi connectivity index (χ1n) is 5.58. The summed E-state index contributed by atoms with van der Waals surface area (Å²) in [5, 5.41) is 8.87. The molecule has 1 saturated heterocycles. The van der Waals surface area contributed by atoms with Gasteiger partial charge in [-0.2, -0.15) is 0 Å². The summed E-state index contributed by atoms with van der Waals surface area (Å²) in [5.74, 6) is -1.70. The van der Waals surface area contributed by atoms with Crippen LogP contribution in [0.25, 0.3) is 0 Å². The van der Waals surface area contributed by atoms with E-state index in [0.717, 1.165) is 4.90 Å². The van der Waals surface area contributed by atoms with E-state index >= 15 is 0 Å². The van der Waals surface area contributed by atoms with Gasteiger partial charge in [0.25, 0.3) is 0 Å². The molecule has 0 aliphatic carbocycles. The van der Waals surface area contributed by atoms with Crippen LogP contribution in [0.4, 0.5) is 4.79 Å². The molecule has 1 N–H and O–H groups in total. The summed E-state index contributed by atoms with van der Waals surface area (Å²) in [7, 11) is 0. The van der Waals surface area contributed by atoms with E-state index in [1.54, 1.807) is 20.8 Å². The fourth-order valence-corrected chi connectivity index (χ4v) is 1.39. The number of imide groups is 1. The van der Waals surface area contributed by atoms with E-state index in [4.69, 9.17) is 14.6 Å². The first-order chi connectivity index (χ1) is 8.20. The quantitative estimate of drug-likeness (QED) is 0.742. The van der Waals surface area contributed by atoms with Crippen molar-refractivity contribution in [1.29, 1.82) is 0 Å². The minimum absolute atomic E-state index is 0.0188. The van der Waals surface area contributed by atoms with Crippen LogP contribution in [-0.4, -0.2) is 52.8 Å². The Morgan fingerprint density at radius 1 is 1.44 bits per heavy atom. The Hall–Kier alpha value is -1.63. The Balaban J connectivity index is 2.79. The molecule has 2 amide bonds. The number of nitrogens with zero attached hydrogens (tertiary/aromatic N) is 1. The molecule has 7 nitrogen and oxygen atoms in total. The number of rotatable bonds is 1. The lowest BCUT2D eigenvalue weighted by molar-refractivity contribution is -0.150. The van der Waals surface area contributed by atoms with Gasteiger partial charge < -0.3 is 14.6 Å². The Bertz CT molecular complexity index is 359. The number of carbonyl (C=O) groups is 3. The van der Waals surface area contributed by atoms with E-state index in [2.05, 4.69) is 0 Å². The summed E-state index contributed by atoms with van der Waals surface area (Å²) >= 11 is 0. The summed E-state index contributed by atoms with van der Waals surface area (Å²) in [6.07, 6.45) is -2.09. The zero-order chi connectivity index (χ0) is 13.9. The van der Waals surface area contributed by atoms with Crippen molar-refractivity contribution in [3.8, 4) is 0 Å². The molecule has 1 aliphatic heterocycles. The summed E-state index contributed by atoms with van der Waals surface area (Å²) in [5.41, 5.74) is -0.747. The zero-order valence-electron chi connectivity index (χ0n) is 10.6. The van der Waals surface area contributed by atoms with Crippen LogP contribution in [0.2, 0.25) is 0 Å². The topological polar surface area (TPSA) is 93.1 Å². The highest BCUT2D eigenvalue weighted by atomic mass is 16.6. The highest BCUT2D eigenvalue weighted by Gasteiger charge is 2.34. The lowest BCUT2D eigenvalue weighted by Crippen LogP contribution is -2.45. The Morgan fingerprint density at radius 2 is 2.06 bits per heavy atom. The van der Waals surface area contributed by atoms with Crippen LogP contribution >= 0.6 is 0 Å². The van der Waals surface area contributed by atoms with E-state index in [1.165, 1.54) is 0 Å². The van der Waals surface area contributed by atoms with Gasteiger partial charge >= 0.3 is 12.1 Å². The second-order valence-corrected chi connectivity index (χ2v) is 4.93. The number of carbonyl (C=O) groups excluding carboxylic acids is 2. The molecule has 7 heteroatoms. The number of ether oxygens (including phenoxy) is 2. The standard InChI is InChI=1S/C11H17NO6/c1-11(2,3)18-10(16)12-6-7(9(14)15)17-5-4-8(12)13/h7H,4-6H2,1-3H3,(H,14,15)/t7-/m0/s1. The van der Waals surface area contributed by atoms with Gasteiger partial charge in [-0.25, -0.2) is 14.5 Å². The minimum Gasteiger partial charge on any atom is -0.479 e. The van der Waals surface area contributed by atoms with Gasteiger partial charge in [-0.15, -0.1) is 0 Å². The van der Waals surface area contributed by atoms with Crippen molar-refractivity contribution in [3.05, 3.63) is 0 Å². The molecule has 1 heterocycles. The van der Waals surface area contributed by atoms with E-state index in [0.29, 0.717) is 0 Å². The maximum Gasteiger partial charge on any atom is 0.417 e. The molecule has 0 unspecified atom stereocenters. The molecule has 0 aromatic rings. The number of hydrogen-bond acceptors (Lipinski definition) is 5. The predicted molar refractivity (Wildman–Crippen MR) is 59.9 cm³/mol. The lowest BCUT2D eigenvalue weighted by Gasteiger charge is -2.25. The Kier molecular flexibility index (Phi) is 4.28. The van der Waals surface area contributed by atoms with Crippen molar-refractivity contribution in [3.63, 3.8) is 0 Å². The molecule has 0 aromatic heterocycles. The first kappa shape index (κ1) is 14.4. The van der Waals surface area contributed by atoms with E-state index in [1.807, 2.05) is 0 Å². The smallest absolute Gasteiger partial charge is 0.417 e. The number of carboxylic acids is 1. The summed E-state index contributed by atoms with van der Waals surface area (Å²) in [6, 6.07) is 0. The molecule has 1 fully saturated rings. The van der Waals surface area contributed by atoms with Crippen LogP contribution in [0.3, 0.4) is 0 Å². The predicted octanol–water partition coefficient (Wildman–Crippen LogP) is 0.624. The van der Waals surface area contributed by atoms with Gasteiger partial charge in [-0.3, -0.25) is 4.79 Å². The van der Waals surface area contributed by atoms with E-state index in [-0.39, 0.29) is 19.6 Å². The molecule has 1 aliphatic rings. The van der Waals surface area contributed by atoms with Gasteiger partial charge in [0.15, 0.2) is 6.10 Å². The largest absolute Gasteiger partial charge is 0.479 e. The van der Waals surface area contributed by atoms with Crippen molar-refractivity contribution in [2.45, 2.75) is 38.9 Å². The molecule has 0 radical (unpaired) electrons. The second-order valence-electron chi connectivity index (χ2n) is 4.93. The maximum atomic E-state index is 11.8. The summed E-state index contributed by atoms with van der Waals surface area (Å²) in [6.45, 7) is 4.65. The average molecular weight is 259 g/mol. The molecule has 0 spiro atoms. The number of hydrogen-bond donors (Lipinski definition) is 1. The average Bonchev–Trinajstić information content (AvgIpc) is 2.37. The number of carboxylic acid groups (broad SMARTS) is 1. The summed E-state index contributed by atoms with van der Waals surface area (Å²) in [4.78, 5) is 35.1. The third-order valence-electron chi connectivity index (χ3n) is 2.17. The molecule has 1 atom stereocenters. The molecule has 102 valence electrons. The van der Waals surface area contributed by atoms with Crippen LogP contribution in [0.1, 0.15) is 27.2 Å². The fraction of sp³-hybridized carbons (Fsp3) is 0.727. The SMILES string of the molecule is CC(C)(C)OC(=O)N1C[C@@H](C(=O)O)OCCC1=O. The minimum atomic E-state index is -1.21. The monoisotopic (exact) mass is 259 g/mol. The Morgan fingerprint density at radius 3 is 2.56 bits per heavy atom. The fourth-order valence-electron chi connectivity index (χ4n) is 1.39. The van der Waals surface area contributed by atoms with Crippen LogP contribution in [-0.2, 0) is 19.1 Å². The molecule has 1 rings (SSSR count). The van der Waals surface area contributed by atoms with Crippen molar-refractivity contribution in [1.82, 2.24) is 4.90 Å². The van der Waals surface area contributed by atoms with Crippen molar-refractivity contribution >= 4 is 18.0 Å². The van der Waals surface area contributed by atoms with Gasteiger partial charge in [0.2, 0.25) is 5.91 Å². The normalized spacial score (nSPS) is 21.4.